The fourth-order valence-electron chi connectivity index (χ4n) is 1.70. The molecule has 4 heteroatoms. The first-order valence-electron chi connectivity index (χ1n) is 5.96. The van der Waals surface area contributed by atoms with Crippen molar-refractivity contribution in [2.24, 2.45) is 5.92 Å². The minimum absolute atomic E-state index is 0.0495. The molecule has 0 saturated heterocycles. The molecule has 1 rings (SSSR count). The van der Waals surface area contributed by atoms with Crippen LogP contribution in [0.25, 0.3) is 0 Å². The Morgan fingerprint density at radius 3 is 2.83 bits per heavy atom. The first kappa shape index (κ1) is 14.5. The summed E-state index contributed by atoms with van der Waals surface area (Å²) in [6.45, 7) is 4.77. The Kier molecular flexibility index (Phi) is 5.67. The summed E-state index contributed by atoms with van der Waals surface area (Å²) < 4.78 is 0. The molecule has 0 radical (unpaired) electrons. The van der Waals surface area contributed by atoms with Gasteiger partial charge in [0.05, 0.1) is 12.0 Å². The number of hydrogen-bond donors (Lipinski definition) is 0. The van der Waals surface area contributed by atoms with Gasteiger partial charge in [0.15, 0.2) is 0 Å². The van der Waals surface area contributed by atoms with Crippen molar-refractivity contribution in [2.75, 3.05) is 13.1 Å². The second-order valence-corrected chi connectivity index (χ2v) is 4.48. The number of carbonyl (C=O) groups excluding carboxylic acids is 1. The Labute approximate surface area is 113 Å². The van der Waals surface area contributed by atoms with E-state index in [0.29, 0.717) is 24.5 Å². The van der Waals surface area contributed by atoms with E-state index < -0.39 is 0 Å². The highest BCUT2D eigenvalue weighted by atomic mass is 35.5. The van der Waals surface area contributed by atoms with Crippen molar-refractivity contribution < 1.29 is 4.79 Å². The third-order valence-corrected chi connectivity index (χ3v) is 3.02. The second-order valence-electron chi connectivity index (χ2n) is 4.21. The molecule has 0 fully saturated rings. The van der Waals surface area contributed by atoms with Gasteiger partial charge >= 0.3 is 0 Å². The molecule has 96 valence electrons. The summed E-state index contributed by atoms with van der Waals surface area (Å²) in [5.41, 5.74) is 1.55. The highest BCUT2D eigenvalue weighted by molar-refractivity contribution is 6.17. The zero-order valence-electron chi connectivity index (χ0n) is 10.7. The third kappa shape index (κ3) is 3.75. The average Bonchev–Trinajstić information content (AvgIpc) is 2.43. The molecule has 1 unspecified atom stereocenters. The van der Waals surface area contributed by atoms with Gasteiger partial charge in [0.25, 0.3) is 5.91 Å². The Bertz CT molecular complexity index is 453. The van der Waals surface area contributed by atoms with Gasteiger partial charge in [0.1, 0.15) is 0 Å². The molecule has 0 aliphatic heterocycles. The van der Waals surface area contributed by atoms with Crippen LogP contribution < -0.4 is 0 Å². The van der Waals surface area contributed by atoms with E-state index in [2.05, 4.69) is 6.07 Å². The molecule has 1 aromatic rings. The largest absolute Gasteiger partial charge is 0.338 e. The highest BCUT2D eigenvalue weighted by Gasteiger charge is 2.16. The maximum atomic E-state index is 12.3. The van der Waals surface area contributed by atoms with Gasteiger partial charge in [-0.3, -0.25) is 4.79 Å². The second kappa shape index (κ2) is 7.03. The minimum Gasteiger partial charge on any atom is -0.338 e. The summed E-state index contributed by atoms with van der Waals surface area (Å²) >= 11 is 5.76. The average molecular weight is 265 g/mol. The zero-order chi connectivity index (χ0) is 13.5. The number of nitrogens with zero attached hydrogens (tertiary/aromatic N) is 2. The molecular formula is C14H17ClN2O. The van der Waals surface area contributed by atoms with Crippen LogP contribution >= 0.6 is 11.6 Å². The van der Waals surface area contributed by atoms with E-state index >= 15 is 0 Å². The number of hydrogen-bond acceptors (Lipinski definition) is 2. The SMILES string of the molecule is CCN(CC(C)C#N)C(=O)c1cccc(CCl)c1. The van der Waals surface area contributed by atoms with Crippen molar-refractivity contribution in [1.29, 1.82) is 5.26 Å². The summed E-state index contributed by atoms with van der Waals surface area (Å²) in [4.78, 5) is 14.0. The van der Waals surface area contributed by atoms with Gasteiger partial charge in [0.2, 0.25) is 0 Å². The molecule has 0 spiro atoms. The van der Waals surface area contributed by atoms with E-state index in [1.165, 1.54) is 0 Å². The Morgan fingerprint density at radius 2 is 2.28 bits per heavy atom. The molecule has 0 N–H and O–H groups in total. The van der Waals surface area contributed by atoms with E-state index in [0.717, 1.165) is 5.56 Å². The number of alkyl halides is 1. The Hall–Kier alpha value is -1.53. The first-order chi connectivity index (χ1) is 8.62. The van der Waals surface area contributed by atoms with Gasteiger partial charge in [-0.05, 0) is 31.5 Å². The van der Waals surface area contributed by atoms with Gasteiger partial charge in [-0.2, -0.15) is 5.26 Å². The van der Waals surface area contributed by atoms with Crippen LogP contribution in [0.4, 0.5) is 0 Å². The van der Waals surface area contributed by atoms with Crippen molar-refractivity contribution in [2.45, 2.75) is 19.7 Å². The summed E-state index contributed by atoms with van der Waals surface area (Å²) in [6, 6.07) is 9.43. The number of benzene rings is 1. The van der Waals surface area contributed by atoms with Crippen molar-refractivity contribution >= 4 is 17.5 Å². The van der Waals surface area contributed by atoms with E-state index in [1.54, 1.807) is 17.0 Å². The number of carbonyl (C=O) groups is 1. The molecule has 0 heterocycles. The predicted octanol–water partition coefficient (Wildman–Crippen LogP) is 3.05. The maximum absolute atomic E-state index is 12.3. The van der Waals surface area contributed by atoms with Crippen molar-refractivity contribution in [3.8, 4) is 6.07 Å². The van der Waals surface area contributed by atoms with Crippen LogP contribution in [0.3, 0.4) is 0 Å². The molecule has 1 amide bonds. The molecule has 0 saturated carbocycles. The van der Waals surface area contributed by atoms with Crippen molar-refractivity contribution in [1.82, 2.24) is 4.90 Å². The molecule has 3 nitrogen and oxygen atoms in total. The van der Waals surface area contributed by atoms with Crippen LogP contribution in [0.2, 0.25) is 0 Å². The molecule has 0 aromatic heterocycles. The monoisotopic (exact) mass is 264 g/mol. The van der Waals surface area contributed by atoms with Gasteiger partial charge in [-0.15, -0.1) is 11.6 Å². The van der Waals surface area contributed by atoms with Crippen molar-refractivity contribution in [3.63, 3.8) is 0 Å². The smallest absolute Gasteiger partial charge is 0.253 e. The normalized spacial score (nSPS) is 11.7. The van der Waals surface area contributed by atoms with E-state index in [1.807, 2.05) is 26.0 Å². The Balaban J connectivity index is 2.86. The van der Waals surface area contributed by atoms with Crippen LogP contribution in [0.15, 0.2) is 24.3 Å². The molecule has 18 heavy (non-hydrogen) atoms. The molecule has 1 atom stereocenters. The van der Waals surface area contributed by atoms with Crippen LogP contribution in [0, 0.1) is 17.2 Å². The summed E-state index contributed by atoms with van der Waals surface area (Å²) in [7, 11) is 0. The molecular weight excluding hydrogens is 248 g/mol. The number of amides is 1. The lowest BCUT2D eigenvalue weighted by molar-refractivity contribution is 0.0752. The number of rotatable bonds is 5. The van der Waals surface area contributed by atoms with Gasteiger partial charge in [0, 0.05) is 24.5 Å². The quantitative estimate of drug-likeness (QED) is 0.767. The van der Waals surface area contributed by atoms with Gasteiger partial charge < -0.3 is 4.90 Å². The molecule has 0 bridgehead atoms. The Morgan fingerprint density at radius 1 is 1.56 bits per heavy atom. The van der Waals surface area contributed by atoms with Crippen LogP contribution in [-0.2, 0) is 5.88 Å². The van der Waals surface area contributed by atoms with Gasteiger partial charge in [-0.25, -0.2) is 0 Å². The zero-order valence-corrected chi connectivity index (χ0v) is 11.4. The lowest BCUT2D eigenvalue weighted by atomic mass is 10.1. The standard InChI is InChI=1S/C14H17ClN2O/c1-3-17(10-11(2)9-16)14(18)13-6-4-5-12(7-13)8-15/h4-7,11H,3,8,10H2,1-2H3. The highest BCUT2D eigenvalue weighted by Crippen LogP contribution is 2.11. The summed E-state index contributed by atoms with van der Waals surface area (Å²) in [5, 5.41) is 8.81. The first-order valence-corrected chi connectivity index (χ1v) is 6.49. The maximum Gasteiger partial charge on any atom is 0.253 e. The summed E-state index contributed by atoms with van der Waals surface area (Å²) in [5.74, 6) is 0.179. The van der Waals surface area contributed by atoms with Crippen LogP contribution in [0.1, 0.15) is 29.8 Å². The lowest BCUT2D eigenvalue weighted by Gasteiger charge is -2.22. The fourth-order valence-corrected chi connectivity index (χ4v) is 1.86. The fraction of sp³-hybridized carbons (Fsp3) is 0.429. The van der Waals surface area contributed by atoms with Crippen LogP contribution in [0.5, 0.6) is 0 Å². The molecule has 0 aliphatic rings. The van der Waals surface area contributed by atoms with E-state index in [-0.39, 0.29) is 11.8 Å². The number of nitriles is 1. The predicted molar refractivity (Wildman–Crippen MR) is 72.4 cm³/mol. The van der Waals surface area contributed by atoms with Crippen molar-refractivity contribution in [3.05, 3.63) is 35.4 Å². The minimum atomic E-state index is -0.162. The van der Waals surface area contributed by atoms with E-state index in [4.69, 9.17) is 16.9 Å². The molecule has 1 aromatic carbocycles. The third-order valence-electron chi connectivity index (χ3n) is 2.71. The number of halogens is 1. The van der Waals surface area contributed by atoms with Crippen LogP contribution in [-0.4, -0.2) is 23.9 Å². The van der Waals surface area contributed by atoms with E-state index in [9.17, 15) is 4.79 Å². The molecule has 0 aliphatic carbocycles. The topological polar surface area (TPSA) is 44.1 Å². The lowest BCUT2D eigenvalue weighted by Crippen LogP contribution is -2.34. The van der Waals surface area contributed by atoms with Gasteiger partial charge in [-0.1, -0.05) is 12.1 Å². The summed E-state index contributed by atoms with van der Waals surface area (Å²) in [6.07, 6.45) is 0.